The van der Waals surface area contributed by atoms with Crippen LogP contribution in [0.15, 0.2) is 0 Å². The van der Waals surface area contributed by atoms with Gasteiger partial charge in [0.05, 0.1) is 23.2 Å². The molecule has 0 spiro atoms. The van der Waals surface area contributed by atoms with Crippen LogP contribution < -0.4 is 5.73 Å². The first-order chi connectivity index (χ1) is 7.95. The molecule has 1 heterocycles. The van der Waals surface area contributed by atoms with Crippen LogP contribution in [0.1, 0.15) is 39.0 Å². The molecule has 1 aliphatic carbocycles. The van der Waals surface area contributed by atoms with Crippen molar-refractivity contribution in [2.75, 3.05) is 18.1 Å². The van der Waals surface area contributed by atoms with Gasteiger partial charge in [-0.25, -0.2) is 8.42 Å². The van der Waals surface area contributed by atoms with Crippen LogP contribution >= 0.6 is 0 Å². The predicted molar refractivity (Wildman–Crippen MR) is 67.6 cm³/mol. The zero-order chi connectivity index (χ0) is 12.5. The summed E-state index contributed by atoms with van der Waals surface area (Å²) in [5.74, 6) is 1.20. The number of ether oxygens (including phenoxy) is 1. The molecule has 0 amide bonds. The summed E-state index contributed by atoms with van der Waals surface area (Å²) in [6.07, 6.45) is 4.73. The smallest absolute Gasteiger partial charge is 0.152 e. The van der Waals surface area contributed by atoms with E-state index in [1.54, 1.807) is 0 Å². The largest absolute Gasteiger partial charge is 0.369 e. The molecule has 5 heteroatoms. The lowest BCUT2D eigenvalue weighted by Crippen LogP contribution is -2.46. The van der Waals surface area contributed by atoms with Crippen LogP contribution in [0.5, 0.6) is 0 Å². The Labute approximate surface area is 104 Å². The maximum atomic E-state index is 11.4. The number of nitrogens with two attached hydrogens (primary N) is 1. The van der Waals surface area contributed by atoms with E-state index >= 15 is 0 Å². The third-order valence-corrected chi connectivity index (χ3v) is 5.90. The molecule has 1 saturated carbocycles. The Bertz CT molecular complexity index is 358. The SMILES string of the molecule is CC1CCC(CN)(OC2CCS(=O)(=O)C2)CC1. The van der Waals surface area contributed by atoms with E-state index < -0.39 is 9.84 Å². The zero-order valence-electron chi connectivity index (χ0n) is 10.5. The molecule has 1 atom stereocenters. The molecule has 0 aromatic rings. The molecule has 0 radical (unpaired) electrons. The standard InChI is InChI=1S/C12H23NO3S/c1-10-2-5-12(9-13,6-3-10)16-11-4-7-17(14,15)8-11/h10-11H,2-9,13H2,1H3. The number of hydrogen-bond donors (Lipinski definition) is 1. The molecular formula is C12H23NO3S. The fourth-order valence-corrected chi connectivity index (χ4v) is 4.46. The van der Waals surface area contributed by atoms with Crippen molar-refractivity contribution in [2.24, 2.45) is 11.7 Å². The van der Waals surface area contributed by atoms with Crippen molar-refractivity contribution in [3.05, 3.63) is 0 Å². The van der Waals surface area contributed by atoms with Gasteiger partial charge in [-0.2, -0.15) is 0 Å². The first kappa shape index (κ1) is 13.3. The van der Waals surface area contributed by atoms with E-state index in [0.717, 1.165) is 31.6 Å². The second kappa shape index (κ2) is 4.86. The highest BCUT2D eigenvalue weighted by atomic mass is 32.2. The van der Waals surface area contributed by atoms with Gasteiger partial charge >= 0.3 is 0 Å². The molecule has 100 valence electrons. The van der Waals surface area contributed by atoms with Gasteiger partial charge in [0.15, 0.2) is 9.84 Å². The van der Waals surface area contributed by atoms with Gasteiger partial charge in [-0.05, 0) is 38.0 Å². The summed E-state index contributed by atoms with van der Waals surface area (Å²) in [6.45, 7) is 2.76. The average molecular weight is 261 g/mol. The van der Waals surface area contributed by atoms with Crippen molar-refractivity contribution in [1.29, 1.82) is 0 Å². The summed E-state index contributed by atoms with van der Waals surface area (Å²) < 4.78 is 28.9. The van der Waals surface area contributed by atoms with Crippen LogP contribution in [0.3, 0.4) is 0 Å². The normalized spacial score (nSPS) is 41.5. The van der Waals surface area contributed by atoms with Crippen LogP contribution in [0.4, 0.5) is 0 Å². The Morgan fingerprint density at radius 1 is 1.29 bits per heavy atom. The third kappa shape index (κ3) is 3.20. The fraction of sp³-hybridized carbons (Fsp3) is 1.00. The lowest BCUT2D eigenvalue weighted by molar-refractivity contribution is -0.104. The van der Waals surface area contributed by atoms with E-state index in [9.17, 15) is 8.42 Å². The van der Waals surface area contributed by atoms with Crippen molar-refractivity contribution < 1.29 is 13.2 Å². The lowest BCUT2D eigenvalue weighted by Gasteiger charge is -2.40. The Kier molecular flexibility index (Phi) is 3.80. The van der Waals surface area contributed by atoms with Crippen LogP contribution in [0.2, 0.25) is 0 Å². The average Bonchev–Trinajstić information content (AvgIpc) is 2.62. The van der Waals surface area contributed by atoms with E-state index in [-0.39, 0.29) is 23.2 Å². The molecule has 0 aromatic carbocycles. The van der Waals surface area contributed by atoms with Gasteiger partial charge in [0.1, 0.15) is 0 Å². The monoisotopic (exact) mass is 261 g/mol. The zero-order valence-corrected chi connectivity index (χ0v) is 11.3. The summed E-state index contributed by atoms with van der Waals surface area (Å²) in [5.41, 5.74) is 5.60. The minimum Gasteiger partial charge on any atom is -0.369 e. The van der Waals surface area contributed by atoms with Crippen LogP contribution in [0.25, 0.3) is 0 Å². The fourth-order valence-electron chi connectivity index (χ4n) is 2.87. The molecule has 17 heavy (non-hydrogen) atoms. The summed E-state index contributed by atoms with van der Waals surface area (Å²) >= 11 is 0. The Morgan fingerprint density at radius 3 is 2.41 bits per heavy atom. The second-order valence-electron chi connectivity index (χ2n) is 5.71. The minimum absolute atomic E-state index is 0.128. The van der Waals surface area contributed by atoms with E-state index in [2.05, 4.69) is 6.92 Å². The number of rotatable bonds is 3. The van der Waals surface area contributed by atoms with Crippen molar-refractivity contribution in [2.45, 2.75) is 50.7 Å². The first-order valence-electron chi connectivity index (χ1n) is 6.53. The molecule has 2 N–H and O–H groups in total. The maximum absolute atomic E-state index is 11.4. The van der Waals surface area contributed by atoms with Crippen LogP contribution in [-0.2, 0) is 14.6 Å². The van der Waals surface area contributed by atoms with Crippen LogP contribution in [0, 0.1) is 5.92 Å². The molecule has 2 aliphatic rings. The van der Waals surface area contributed by atoms with Gasteiger partial charge < -0.3 is 10.5 Å². The molecule has 0 bridgehead atoms. The summed E-state index contributed by atoms with van der Waals surface area (Å²) in [4.78, 5) is 0. The molecule has 2 fully saturated rings. The summed E-state index contributed by atoms with van der Waals surface area (Å²) in [7, 11) is -2.86. The molecule has 0 aromatic heterocycles. The number of hydrogen-bond acceptors (Lipinski definition) is 4. The van der Waals surface area contributed by atoms with Crippen molar-refractivity contribution >= 4 is 9.84 Å². The molecule has 1 saturated heterocycles. The van der Waals surface area contributed by atoms with Crippen molar-refractivity contribution in [3.8, 4) is 0 Å². The topological polar surface area (TPSA) is 69.4 Å². The molecule has 4 nitrogen and oxygen atoms in total. The Morgan fingerprint density at radius 2 is 1.94 bits per heavy atom. The number of sulfone groups is 1. The van der Waals surface area contributed by atoms with Crippen molar-refractivity contribution in [1.82, 2.24) is 0 Å². The highest BCUT2D eigenvalue weighted by Gasteiger charge is 2.39. The Hall–Kier alpha value is -0.130. The lowest BCUT2D eigenvalue weighted by atomic mass is 9.79. The van der Waals surface area contributed by atoms with E-state index in [0.29, 0.717) is 13.0 Å². The van der Waals surface area contributed by atoms with E-state index in [1.807, 2.05) is 0 Å². The van der Waals surface area contributed by atoms with E-state index in [4.69, 9.17) is 10.5 Å². The molecule has 2 rings (SSSR count). The molecular weight excluding hydrogens is 238 g/mol. The highest BCUT2D eigenvalue weighted by molar-refractivity contribution is 7.91. The molecule has 1 aliphatic heterocycles. The maximum Gasteiger partial charge on any atom is 0.152 e. The summed E-state index contributed by atoms with van der Waals surface area (Å²) in [6, 6.07) is 0. The second-order valence-corrected chi connectivity index (χ2v) is 7.94. The highest BCUT2D eigenvalue weighted by Crippen LogP contribution is 2.36. The van der Waals surface area contributed by atoms with Gasteiger partial charge in [-0.15, -0.1) is 0 Å². The summed E-state index contributed by atoms with van der Waals surface area (Å²) in [5, 5.41) is 0. The van der Waals surface area contributed by atoms with Gasteiger partial charge in [0.2, 0.25) is 0 Å². The van der Waals surface area contributed by atoms with Gasteiger partial charge in [-0.3, -0.25) is 0 Å². The van der Waals surface area contributed by atoms with Gasteiger partial charge in [0, 0.05) is 6.54 Å². The molecule has 1 unspecified atom stereocenters. The van der Waals surface area contributed by atoms with Gasteiger partial charge in [0.25, 0.3) is 0 Å². The quantitative estimate of drug-likeness (QED) is 0.826. The first-order valence-corrected chi connectivity index (χ1v) is 8.35. The van der Waals surface area contributed by atoms with Crippen LogP contribution in [-0.4, -0.2) is 38.2 Å². The minimum atomic E-state index is -2.86. The van der Waals surface area contributed by atoms with E-state index in [1.165, 1.54) is 0 Å². The predicted octanol–water partition coefficient (Wildman–Crippen LogP) is 1.10. The van der Waals surface area contributed by atoms with Crippen molar-refractivity contribution in [3.63, 3.8) is 0 Å². The van der Waals surface area contributed by atoms with Gasteiger partial charge in [-0.1, -0.05) is 6.92 Å². The Balaban J connectivity index is 1.96. The third-order valence-electron chi connectivity index (χ3n) is 4.16.